The van der Waals surface area contributed by atoms with Crippen molar-refractivity contribution in [3.05, 3.63) is 83.9 Å². The Balaban J connectivity index is 2.00. The van der Waals surface area contributed by atoms with Gasteiger partial charge in [-0.2, -0.15) is 0 Å². The molecule has 0 aliphatic carbocycles. The summed E-state index contributed by atoms with van der Waals surface area (Å²) in [7, 11) is -3.04. The van der Waals surface area contributed by atoms with Gasteiger partial charge < -0.3 is 14.4 Å². The van der Waals surface area contributed by atoms with Crippen LogP contribution in [0.15, 0.2) is 72.8 Å². The minimum atomic E-state index is -4.19. The minimum Gasteiger partial charge on any atom is -0.374 e. The standard InChI is InChI=1S/C25H34ClO6P/c1-29-33(27,28)32-25(21-31-20-23-13-6-3-7-14-23)24(15-8-9-17-26)16-10-18-30-19-22-11-4-2-5-12-22/h2-7,10-14,16,24-25H,8-9,15,17-21H2,1H3,(H,27,28)/b16-10+/t24-,25-/m1/s1. The topological polar surface area (TPSA) is 74.2 Å². The van der Waals surface area contributed by atoms with Crippen molar-refractivity contribution in [2.75, 3.05) is 26.2 Å². The third-order valence-electron chi connectivity index (χ3n) is 5.00. The highest BCUT2D eigenvalue weighted by atomic mass is 35.5. The first-order valence-corrected chi connectivity index (χ1v) is 13.1. The molecule has 0 heterocycles. The highest BCUT2D eigenvalue weighted by Gasteiger charge is 2.30. The van der Waals surface area contributed by atoms with Crippen molar-refractivity contribution in [2.24, 2.45) is 5.92 Å². The fourth-order valence-corrected chi connectivity index (χ4v) is 4.08. The largest absolute Gasteiger partial charge is 0.472 e. The Morgan fingerprint density at radius 1 is 0.970 bits per heavy atom. The van der Waals surface area contributed by atoms with Gasteiger partial charge in [0.15, 0.2) is 0 Å². The van der Waals surface area contributed by atoms with Gasteiger partial charge in [0.05, 0.1) is 32.5 Å². The number of hydrogen-bond acceptors (Lipinski definition) is 5. The van der Waals surface area contributed by atoms with E-state index in [0.29, 0.717) is 25.7 Å². The summed E-state index contributed by atoms with van der Waals surface area (Å²) in [6.45, 7) is 1.45. The lowest BCUT2D eigenvalue weighted by atomic mass is 9.96. The molecule has 0 fully saturated rings. The van der Waals surface area contributed by atoms with Gasteiger partial charge in [0.25, 0.3) is 0 Å². The maximum Gasteiger partial charge on any atom is 0.472 e. The van der Waals surface area contributed by atoms with E-state index in [1.54, 1.807) is 0 Å². The second kappa shape index (κ2) is 16.2. The third-order valence-corrected chi connectivity index (χ3v) is 6.27. The van der Waals surface area contributed by atoms with Gasteiger partial charge in [-0.3, -0.25) is 9.05 Å². The number of ether oxygens (including phenoxy) is 2. The number of unbranched alkanes of at least 4 members (excludes halogenated alkanes) is 1. The molecule has 0 amide bonds. The molecule has 1 N–H and O–H groups in total. The van der Waals surface area contributed by atoms with Gasteiger partial charge in [0.1, 0.15) is 0 Å². The van der Waals surface area contributed by atoms with E-state index in [1.807, 2.05) is 72.8 Å². The summed E-state index contributed by atoms with van der Waals surface area (Å²) in [6, 6.07) is 19.7. The first-order chi connectivity index (χ1) is 16.0. The molecule has 2 aromatic rings. The van der Waals surface area contributed by atoms with Crippen LogP contribution in [-0.2, 0) is 36.3 Å². The van der Waals surface area contributed by atoms with Gasteiger partial charge >= 0.3 is 7.82 Å². The maximum atomic E-state index is 12.2. The van der Waals surface area contributed by atoms with Crippen molar-refractivity contribution in [2.45, 2.75) is 38.6 Å². The van der Waals surface area contributed by atoms with Gasteiger partial charge in [0, 0.05) is 18.9 Å². The molecule has 3 atom stereocenters. The summed E-state index contributed by atoms with van der Waals surface area (Å²) >= 11 is 5.85. The first kappa shape index (κ1) is 27.7. The molecule has 0 radical (unpaired) electrons. The summed E-state index contributed by atoms with van der Waals surface area (Å²) < 4.78 is 33.9. The van der Waals surface area contributed by atoms with Crippen molar-refractivity contribution in [3.63, 3.8) is 0 Å². The molecule has 0 bridgehead atoms. The van der Waals surface area contributed by atoms with E-state index in [0.717, 1.165) is 37.5 Å². The molecule has 2 aromatic carbocycles. The number of rotatable bonds is 17. The van der Waals surface area contributed by atoms with Crippen LogP contribution in [0.25, 0.3) is 0 Å². The van der Waals surface area contributed by atoms with E-state index in [1.165, 1.54) is 0 Å². The molecule has 2 rings (SSSR count). The minimum absolute atomic E-state index is 0.142. The van der Waals surface area contributed by atoms with Crippen LogP contribution in [0, 0.1) is 5.92 Å². The number of halogens is 1. The van der Waals surface area contributed by atoms with E-state index < -0.39 is 13.9 Å². The SMILES string of the molecule is COP(=O)(O)O[C@H](COCc1ccccc1)[C@@H](/C=C/COCc1ccccc1)CCCCCl. The van der Waals surface area contributed by atoms with Gasteiger partial charge in [0.2, 0.25) is 0 Å². The molecule has 1 unspecified atom stereocenters. The second-order valence-corrected chi connectivity index (χ2v) is 9.46. The van der Waals surface area contributed by atoms with Gasteiger partial charge in [-0.05, 0) is 24.0 Å². The number of benzene rings is 2. The second-order valence-electron chi connectivity index (χ2n) is 7.57. The molecule has 182 valence electrons. The van der Waals surface area contributed by atoms with Crippen LogP contribution in [0.2, 0.25) is 0 Å². The van der Waals surface area contributed by atoms with Gasteiger partial charge in [-0.1, -0.05) is 79.2 Å². The average molecular weight is 497 g/mol. The molecular weight excluding hydrogens is 463 g/mol. The van der Waals surface area contributed by atoms with Crippen LogP contribution in [-0.4, -0.2) is 37.2 Å². The zero-order chi connectivity index (χ0) is 23.8. The smallest absolute Gasteiger partial charge is 0.374 e. The average Bonchev–Trinajstić information content (AvgIpc) is 2.83. The van der Waals surface area contributed by atoms with Crippen LogP contribution in [0.3, 0.4) is 0 Å². The van der Waals surface area contributed by atoms with Crippen molar-refractivity contribution in [3.8, 4) is 0 Å². The predicted molar refractivity (Wildman–Crippen MR) is 131 cm³/mol. The zero-order valence-corrected chi connectivity index (χ0v) is 20.7. The van der Waals surface area contributed by atoms with Gasteiger partial charge in [-0.25, -0.2) is 4.57 Å². The van der Waals surface area contributed by atoms with Crippen LogP contribution in [0.4, 0.5) is 0 Å². The molecule has 0 aliphatic rings. The number of hydrogen-bond donors (Lipinski definition) is 1. The van der Waals surface area contributed by atoms with Gasteiger partial charge in [-0.15, -0.1) is 11.6 Å². The third kappa shape index (κ3) is 12.0. The molecule has 33 heavy (non-hydrogen) atoms. The zero-order valence-electron chi connectivity index (χ0n) is 19.1. The van der Waals surface area contributed by atoms with E-state index in [2.05, 4.69) is 4.52 Å². The molecular formula is C25H34ClO6P. The fraction of sp³-hybridized carbons (Fsp3) is 0.440. The fourth-order valence-electron chi connectivity index (χ4n) is 3.24. The number of alkyl halides is 1. The van der Waals surface area contributed by atoms with Crippen molar-refractivity contribution >= 4 is 19.4 Å². The van der Waals surface area contributed by atoms with Crippen LogP contribution in [0.5, 0.6) is 0 Å². The molecule has 0 saturated carbocycles. The summed E-state index contributed by atoms with van der Waals surface area (Å²) in [5, 5.41) is 0. The summed E-state index contributed by atoms with van der Waals surface area (Å²) in [5.74, 6) is 0.392. The van der Waals surface area contributed by atoms with E-state index >= 15 is 0 Å². The number of phosphoric acid groups is 1. The number of phosphoric ester groups is 1. The molecule has 0 saturated heterocycles. The van der Waals surface area contributed by atoms with Crippen LogP contribution < -0.4 is 0 Å². The molecule has 0 aromatic heterocycles. The normalized spacial score (nSPS) is 15.4. The Morgan fingerprint density at radius 3 is 2.15 bits per heavy atom. The predicted octanol–water partition coefficient (Wildman–Crippen LogP) is 6.13. The van der Waals surface area contributed by atoms with E-state index in [9.17, 15) is 9.46 Å². The van der Waals surface area contributed by atoms with Crippen molar-refractivity contribution in [1.82, 2.24) is 0 Å². The monoisotopic (exact) mass is 496 g/mol. The quantitative estimate of drug-likeness (QED) is 0.123. The lowest BCUT2D eigenvalue weighted by Crippen LogP contribution is -2.28. The van der Waals surface area contributed by atoms with E-state index in [-0.39, 0.29) is 12.5 Å². The molecule has 0 aliphatic heterocycles. The Bertz CT molecular complexity index is 833. The Labute approximate surface area is 202 Å². The lowest BCUT2D eigenvalue weighted by Gasteiger charge is -2.26. The Kier molecular flexibility index (Phi) is 13.6. The highest BCUT2D eigenvalue weighted by Crippen LogP contribution is 2.45. The molecule has 6 nitrogen and oxygen atoms in total. The summed E-state index contributed by atoms with van der Waals surface area (Å²) in [6.07, 6.45) is 5.64. The summed E-state index contributed by atoms with van der Waals surface area (Å²) in [4.78, 5) is 9.95. The van der Waals surface area contributed by atoms with Crippen molar-refractivity contribution < 1.29 is 28.0 Å². The van der Waals surface area contributed by atoms with Crippen LogP contribution in [0.1, 0.15) is 30.4 Å². The lowest BCUT2D eigenvalue weighted by molar-refractivity contribution is 0.00218. The Morgan fingerprint density at radius 2 is 1.58 bits per heavy atom. The van der Waals surface area contributed by atoms with Crippen molar-refractivity contribution in [1.29, 1.82) is 0 Å². The first-order valence-electron chi connectivity index (χ1n) is 11.1. The Hall–Kier alpha value is -1.50. The highest BCUT2D eigenvalue weighted by molar-refractivity contribution is 7.47. The summed E-state index contributed by atoms with van der Waals surface area (Å²) in [5.41, 5.74) is 2.11. The molecule has 8 heteroatoms. The van der Waals surface area contributed by atoms with E-state index in [4.69, 9.17) is 25.6 Å². The molecule has 0 spiro atoms. The maximum absolute atomic E-state index is 12.2. The van der Waals surface area contributed by atoms with Crippen LogP contribution >= 0.6 is 19.4 Å².